The van der Waals surface area contributed by atoms with Gasteiger partial charge in [0.05, 0.1) is 19.4 Å². The first-order chi connectivity index (χ1) is 12.2. The summed E-state index contributed by atoms with van der Waals surface area (Å²) in [5, 5.41) is 6.97. The standard InChI is InChI=1S/C18H18N4O2S/c1-24-16-3-2-4-17(9-16)25-11-18(23)21-15-7-5-14(6-8-15)10-22-13-19-12-20-22/h2-9,12-13H,10-11H2,1H3,(H,21,23). The van der Waals surface area contributed by atoms with Crippen molar-refractivity contribution in [2.75, 3.05) is 18.2 Å². The van der Waals surface area contributed by atoms with E-state index in [1.165, 1.54) is 18.1 Å². The summed E-state index contributed by atoms with van der Waals surface area (Å²) in [4.78, 5) is 17.0. The molecule has 0 spiro atoms. The summed E-state index contributed by atoms with van der Waals surface area (Å²) in [5.74, 6) is 1.08. The molecule has 1 N–H and O–H groups in total. The molecule has 1 aromatic heterocycles. The Kier molecular flexibility index (Phi) is 5.69. The van der Waals surface area contributed by atoms with Gasteiger partial charge in [0.25, 0.3) is 0 Å². The molecular formula is C18H18N4O2S. The summed E-state index contributed by atoms with van der Waals surface area (Å²) in [7, 11) is 1.63. The van der Waals surface area contributed by atoms with E-state index in [0.29, 0.717) is 12.3 Å². The largest absolute Gasteiger partial charge is 0.497 e. The molecule has 0 atom stereocenters. The van der Waals surface area contributed by atoms with Crippen molar-refractivity contribution in [2.45, 2.75) is 11.4 Å². The number of methoxy groups -OCH3 is 1. The molecule has 7 heteroatoms. The first-order valence-corrected chi connectivity index (χ1v) is 8.69. The lowest BCUT2D eigenvalue weighted by atomic mass is 10.2. The van der Waals surface area contributed by atoms with Gasteiger partial charge in [0, 0.05) is 10.6 Å². The van der Waals surface area contributed by atoms with Crippen molar-refractivity contribution in [3.05, 3.63) is 66.7 Å². The monoisotopic (exact) mass is 354 g/mol. The van der Waals surface area contributed by atoms with Crippen LogP contribution in [0.25, 0.3) is 0 Å². The van der Waals surface area contributed by atoms with E-state index < -0.39 is 0 Å². The van der Waals surface area contributed by atoms with Crippen LogP contribution >= 0.6 is 11.8 Å². The summed E-state index contributed by atoms with van der Waals surface area (Å²) < 4.78 is 6.93. The summed E-state index contributed by atoms with van der Waals surface area (Å²) in [5.41, 5.74) is 1.87. The number of anilines is 1. The van der Waals surface area contributed by atoms with E-state index in [9.17, 15) is 4.79 Å². The van der Waals surface area contributed by atoms with Crippen LogP contribution in [0.3, 0.4) is 0 Å². The van der Waals surface area contributed by atoms with Crippen molar-refractivity contribution in [1.82, 2.24) is 14.8 Å². The summed E-state index contributed by atoms with van der Waals surface area (Å²) in [6, 6.07) is 15.4. The van der Waals surface area contributed by atoms with Crippen molar-refractivity contribution in [3.63, 3.8) is 0 Å². The molecule has 3 aromatic rings. The van der Waals surface area contributed by atoms with Gasteiger partial charge in [-0.1, -0.05) is 18.2 Å². The van der Waals surface area contributed by atoms with Gasteiger partial charge in [-0.15, -0.1) is 11.8 Å². The van der Waals surface area contributed by atoms with Gasteiger partial charge < -0.3 is 10.1 Å². The van der Waals surface area contributed by atoms with Crippen LogP contribution in [-0.4, -0.2) is 33.5 Å². The Morgan fingerprint density at radius 2 is 2.08 bits per heavy atom. The lowest BCUT2D eigenvalue weighted by molar-refractivity contribution is -0.113. The number of thioether (sulfide) groups is 1. The third-order valence-electron chi connectivity index (χ3n) is 3.46. The number of nitrogens with one attached hydrogen (secondary N) is 1. The number of rotatable bonds is 7. The van der Waals surface area contributed by atoms with Crippen LogP contribution < -0.4 is 10.1 Å². The van der Waals surface area contributed by atoms with E-state index in [0.717, 1.165) is 21.9 Å². The highest BCUT2D eigenvalue weighted by Gasteiger charge is 2.05. The maximum atomic E-state index is 12.1. The SMILES string of the molecule is COc1cccc(SCC(=O)Nc2ccc(Cn3cncn3)cc2)c1. The number of carbonyl (C=O) groups excluding carboxylic acids is 1. The van der Waals surface area contributed by atoms with Gasteiger partial charge >= 0.3 is 0 Å². The second kappa shape index (κ2) is 8.34. The molecule has 0 saturated heterocycles. The highest BCUT2D eigenvalue weighted by molar-refractivity contribution is 8.00. The van der Waals surface area contributed by atoms with Crippen LogP contribution in [0.4, 0.5) is 5.69 Å². The Balaban J connectivity index is 1.50. The van der Waals surface area contributed by atoms with Crippen LogP contribution in [0.1, 0.15) is 5.56 Å². The van der Waals surface area contributed by atoms with E-state index in [-0.39, 0.29) is 5.91 Å². The third-order valence-corrected chi connectivity index (χ3v) is 4.45. The molecule has 128 valence electrons. The minimum atomic E-state index is -0.0446. The maximum absolute atomic E-state index is 12.1. The number of nitrogens with zero attached hydrogens (tertiary/aromatic N) is 3. The lowest BCUT2D eigenvalue weighted by Gasteiger charge is -2.07. The van der Waals surface area contributed by atoms with Crippen molar-refractivity contribution in [2.24, 2.45) is 0 Å². The third kappa shape index (κ3) is 5.09. The fourth-order valence-electron chi connectivity index (χ4n) is 2.23. The number of carbonyl (C=O) groups is 1. The van der Waals surface area contributed by atoms with Crippen molar-refractivity contribution >= 4 is 23.4 Å². The first kappa shape index (κ1) is 17.0. The van der Waals surface area contributed by atoms with E-state index in [1.54, 1.807) is 18.1 Å². The second-order valence-electron chi connectivity index (χ2n) is 5.31. The minimum Gasteiger partial charge on any atom is -0.497 e. The molecule has 0 fully saturated rings. The van der Waals surface area contributed by atoms with Crippen molar-refractivity contribution in [3.8, 4) is 5.75 Å². The predicted molar refractivity (Wildman–Crippen MR) is 97.9 cm³/mol. The average molecular weight is 354 g/mol. The number of aromatic nitrogens is 3. The second-order valence-corrected chi connectivity index (χ2v) is 6.35. The Hall–Kier alpha value is -2.80. The Morgan fingerprint density at radius 1 is 1.24 bits per heavy atom. The van der Waals surface area contributed by atoms with Gasteiger partial charge in [-0.05, 0) is 35.9 Å². The highest BCUT2D eigenvalue weighted by Crippen LogP contribution is 2.23. The number of ether oxygens (including phenoxy) is 1. The van der Waals surface area contributed by atoms with Gasteiger partial charge in [0.1, 0.15) is 18.4 Å². The van der Waals surface area contributed by atoms with E-state index >= 15 is 0 Å². The van der Waals surface area contributed by atoms with Crippen molar-refractivity contribution in [1.29, 1.82) is 0 Å². The van der Waals surface area contributed by atoms with Crippen LogP contribution in [-0.2, 0) is 11.3 Å². The summed E-state index contributed by atoms with van der Waals surface area (Å²) >= 11 is 1.47. The highest BCUT2D eigenvalue weighted by atomic mass is 32.2. The molecule has 25 heavy (non-hydrogen) atoms. The topological polar surface area (TPSA) is 69.0 Å². The van der Waals surface area contributed by atoms with Crippen LogP contribution in [0, 0.1) is 0 Å². The lowest BCUT2D eigenvalue weighted by Crippen LogP contribution is -2.14. The molecule has 6 nitrogen and oxygen atoms in total. The van der Waals surface area contributed by atoms with Gasteiger partial charge in [0.15, 0.2) is 0 Å². The average Bonchev–Trinajstić information content (AvgIpc) is 3.15. The van der Waals surface area contributed by atoms with Gasteiger partial charge in [-0.25, -0.2) is 9.67 Å². The molecule has 2 aromatic carbocycles. The fraction of sp³-hybridized carbons (Fsp3) is 0.167. The number of hydrogen-bond acceptors (Lipinski definition) is 5. The molecule has 0 aliphatic carbocycles. The van der Waals surface area contributed by atoms with Gasteiger partial charge in [0.2, 0.25) is 5.91 Å². The zero-order valence-corrected chi connectivity index (χ0v) is 14.6. The molecule has 0 aliphatic rings. The summed E-state index contributed by atoms with van der Waals surface area (Å²) in [6.07, 6.45) is 3.18. The molecule has 0 bridgehead atoms. The van der Waals surface area contributed by atoms with Gasteiger partial charge in [-0.3, -0.25) is 4.79 Å². The van der Waals surface area contributed by atoms with E-state index in [1.807, 2.05) is 48.5 Å². The maximum Gasteiger partial charge on any atom is 0.234 e. The van der Waals surface area contributed by atoms with Crippen LogP contribution in [0.2, 0.25) is 0 Å². The number of benzene rings is 2. The predicted octanol–water partition coefficient (Wildman–Crippen LogP) is 3.07. The normalized spacial score (nSPS) is 10.4. The van der Waals surface area contributed by atoms with Gasteiger partial charge in [-0.2, -0.15) is 5.10 Å². The van der Waals surface area contributed by atoms with Crippen molar-refractivity contribution < 1.29 is 9.53 Å². The van der Waals surface area contributed by atoms with E-state index in [4.69, 9.17) is 4.74 Å². The molecule has 0 radical (unpaired) electrons. The molecule has 3 rings (SSSR count). The molecular weight excluding hydrogens is 336 g/mol. The molecule has 1 amide bonds. The molecule has 1 heterocycles. The Bertz CT molecular complexity index is 819. The molecule has 0 unspecified atom stereocenters. The van der Waals surface area contributed by atoms with Crippen LogP contribution in [0.15, 0.2) is 66.1 Å². The first-order valence-electron chi connectivity index (χ1n) is 7.71. The summed E-state index contributed by atoms with van der Waals surface area (Å²) in [6.45, 7) is 0.653. The molecule has 0 aliphatic heterocycles. The molecule has 0 saturated carbocycles. The Morgan fingerprint density at radius 3 is 2.80 bits per heavy atom. The fourth-order valence-corrected chi connectivity index (χ4v) is 2.98. The van der Waals surface area contributed by atoms with E-state index in [2.05, 4.69) is 15.4 Å². The number of hydrogen-bond donors (Lipinski definition) is 1. The zero-order chi connectivity index (χ0) is 17.5. The zero-order valence-electron chi connectivity index (χ0n) is 13.8. The minimum absolute atomic E-state index is 0.0446. The Labute approximate surface area is 150 Å². The number of amides is 1. The van der Waals surface area contributed by atoms with Crippen LogP contribution in [0.5, 0.6) is 5.75 Å². The quantitative estimate of drug-likeness (QED) is 0.661. The smallest absolute Gasteiger partial charge is 0.234 e.